The van der Waals surface area contributed by atoms with Crippen molar-refractivity contribution in [3.63, 3.8) is 0 Å². The number of ether oxygens (including phenoxy) is 1. The van der Waals surface area contributed by atoms with Crippen LogP contribution in [0.4, 0.5) is 0 Å². The first-order chi connectivity index (χ1) is 8.83. The first-order valence-corrected chi connectivity index (χ1v) is 7.20. The molecule has 0 saturated heterocycles. The fourth-order valence-corrected chi connectivity index (χ4v) is 3.64. The summed E-state index contributed by atoms with van der Waals surface area (Å²) in [5.41, 5.74) is 1.16. The first-order valence-electron chi connectivity index (χ1n) is 7.20. The Morgan fingerprint density at radius 1 is 1.11 bits per heavy atom. The Morgan fingerprint density at radius 3 is 2.61 bits per heavy atom. The highest BCUT2D eigenvalue weighted by Crippen LogP contribution is 2.43. The summed E-state index contributed by atoms with van der Waals surface area (Å²) in [6.07, 6.45) is 7.86. The van der Waals surface area contributed by atoms with Crippen LogP contribution < -0.4 is 4.74 Å². The molecule has 18 heavy (non-hydrogen) atoms. The average molecular weight is 246 g/mol. The van der Waals surface area contributed by atoms with Gasteiger partial charge in [-0.25, -0.2) is 0 Å². The third-order valence-electron chi connectivity index (χ3n) is 4.44. The molecule has 0 spiro atoms. The molecule has 1 unspecified atom stereocenters. The maximum atomic E-state index is 8.97. The van der Waals surface area contributed by atoms with Crippen LogP contribution in [-0.4, -0.2) is 17.8 Å². The molecule has 2 aliphatic rings. The fraction of sp³-hybridized carbons (Fsp3) is 0.625. The van der Waals surface area contributed by atoms with Gasteiger partial charge in [-0.1, -0.05) is 25.0 Å². The molecule has 1 N–H and O–H groups in total. The molecule has 1 aromatic rings. The highest BCUT2D eigenvalue weighted by atomic mass is 16.5. The number of aliphatic hydroxyl groups is 1. The smallest absolute Gasteiger partial charge is 0.119 e. The second kappa shape index (κ2) is 5.31. The molecule has 2 nitrogen and oxygen atoms in total. The number of benzene rings is 1. The summed E-state index contributed by atoms with van der Waals surface area (Å²) < 4.78 is 6.14. The maximum absolute atomic E-state index is 8.97. The molecule has 0 aromatic heterocycles. The van der Waals surface area contributed by atoms with E-state index < -0.39 is 0 Å². The van der Waals surface area contributed by atoms with Crippen LogP contribution in [0.15, 0.2) is 24.3 Å². The lowest BCUT2D eigenvalue weighted by Gasteiger charge is -2.28. The van der Waals surface area contributed by atoms with Crippen molar-refractivity contribution >= 4 is 0 Å². The topological polar surface area (TPSA) is 29.5 Å². The minimum atomic E-state index is 0.205. The quantitative estimate of drug-likeness (QED) is 0.884. The molecule has 3 atom stereocenters. The van der Waals surface area contributed by atoms with E-state index in [1.54, 1.807) is 0 Å². The van der Waals surface area contributed by atoms with Crippen LogP contribution in [-0.2, 0) is 6.42 Å². The molecule has 2 bridgehead atoms. The maximum Gasteiger partial charge on any atom is 0.119 e. The summed E-state index contributed by atoms with van der Waals surface area (Å²) in [6, 6.07) is 8.19. The molecule has 0 radical (unpaired) electrons. The lowest BCUT2D eigenvalue weighted by Crippen LogP contribution is -2.26. The van der Waals surface area contributed by atoms with E-state index in [-0.39, 0.29) is 6.61 Å². The SMILES string of the molecule is OCCc1cccc(OC2C[C@H]3CC[C@@H](C2)C3)c1. The zero-order valence-electron chi connectivity index (χ0n) is 10.8. The van der Waals surface area contributed by atoms with Crippen molar-refractivity contribution in [3.05, 3.63) is 29.8 Å². The first kappa shape index (κ1) is 12.0. The van der Waals surface area contributed by atoms with Gasteiger partial charge in [-0.15, -0.1) is 0 Å². The van der Waals surface area contributed by atoms with Crippen LogP contribution in [0.2, 0.25) is 0 Å². The van der Waals surface area contributed by atoms with Crippen LogP contribution >= 0.6 is 0 Å². The third-order valence-corrected chi connectivity index (χ3v) is 4.44. The van der Waals surface area contributed by atoms with Crippen molar-refractivity contribution in [2.45, 2.75) is 44.6 Å². The van der Waals surface area contributed by atoms with E-state index >= 15 is 0 Å². The van der Waals surface area contributed by atoms with Gasteiger partial charge in [0.15, 0.2) is 0 Å². The Morgan fingerprint density at radius 2 is 1.89 bits per heavy atom. The van der Waals surface area contributed by atoms with E-state index in [2.05, 4.69) is 6.07 Å². The van der Waals surface area contributed by atoms with Gasteiger partial charge >= 0.3 is 0 Å². The predicted octanol–water partition coefficient (Wildman–Crippen LogP) is 3.18. The van der Waals surface area contributed by atoms with Gasteiger partial charge in [0.1, 0.15) is 5.75 Å². The zero-order valence-corrected chi connectivity index (χ0v) is 10.8. The highest BCUT2D eigenvalue weighted by Gasteiger charge is 2.34. The van der Waals surface area contributed by atoms with Gasteiger partial charge in [0.2, 0.25) is 0 Å². The molecular weight excluding hydrogens is 224 g/mol. The van der Waals surface area contributed by atoms with Gasteiger partial charge < -0.3 is 9.84 Å². The molecule has 0 aliphatic heterocycles. The molecule has 98 valence electrons. The van der Waals surface area contributed by atoms with E-state index in [0.29, 0.717) is 12.5 Å². The highest BCUT2D eigenvalue weighted by molar-refractivity contribution is 5.28. The average Bonchev–Trinajstić information content (AvgIpc) is 2.70. The van der Waals surface area contributed by atoms with Crippen LogP contribution in [0, 0.1) is 11.8 Å². The van der Waals surface area contributed by atoms with Crippen molar-refractivity contribution in [1.82, 2.24) is 0 Å². The van der Waals surface area contributed by atoms with Crippen molar-refractivity contribution in [2.24, 2.45) is 11.8 Å². The molecule has 2 aliphatic carbocycles. The Bertz CT molecular complexity index is 390. The summed E-state index contributed by atoms with van der Waals surface area (Å²) >= 11 is 0. The lowest BCUT2D eigenvalue weighted by atomic mass is 9.87. The van der Waals surface area contributed by atoms with Crippen LogP contribution in [0.1, 0.15) is 37.7 Å². The normalized spacial score (nSPS) is 30.4. The van der Waals surface area contributed by atoms with E-state index in [0.717, 1.165) is 23.1 Å². The van der Waals surface area contributed by atoms with Crippen molar-refractivity contribution < 1.29 is 9.84 Å². The molecule has 0 amide bonds. The van der Waals surface area contributed by atoms with Crippen molar-refractivity contribution in [1.29, 1.82) is 0 Å². The summed E-state index contributed by atoms with van der Waals surface area (Å²) in [5.74, 6) is 2.80. The Hall–Kier alpha value is -1.02. The van der Waals surface area contributed by atoms with Crippen molar-refractivity contribution in [2.75, 3.05) is 6.61 Å². The fourth-order valence-electron chi connectivity index (χ4n) is 3.64. The Balaban J connectivity index is 1.63. The Labute approximate surface area is 109 Å². The molecular formula is C16H22O2. The summed E-state index contributed by atoms with van der Waals surface area (Å²) in [4.78, 5) is 0. The van der Waals surface area contributed by atoms with E-state index in [1.165, 1.54) is 32.1 Å². The standard InChI is InChI=1S/C16H22O2/c17-7-6-12-2-1-3-15(9-12)18-16-10-13-4-5-14(8-13)11-16/h1-3,9,13-14,16-17H,4-8,10-11H2/t13-,14+,16?. The van der Waals surface area contributed by atoms with Gasteiger partial charge in [-0.05, 0) is 55.2 Å². The minimum Gasteiger partial charge on any atom is -0.490 e. The van der Waals surface area contributed by atoms with Crippen LogP contribution in [0.5, 0.6) is 5.75 Å². The number of aliphatic hydroxyl groups excluding tert-OH is 1. The molecule has 2 saturated carbocycles. The second-order valence-corrected chi connectivity index (χ2v) is 5.88. The van der Waals surface area contributed by atoms with E-state index in [4.69, 9.17) is 9.84 Å². The van der Waals surface area contributed by atoms with E-state index in [1.807, 2.05) is 18.2 Å². The largest absolute Gasteiger partial charge is 0.490 e. The number of hydrogen-bond donors (Lipinski definition) is 1. The van der Waals surface area contributed by atoms with Gasteiger partial charge in [-0.2, -0.15) is 0 Å². The van der Waals surface area contributed by atoms with Gasteiger partial charge in [0.25, 0.3) is 0 Å². The minimum absolute atomic E-state index is 0.205. The number of rotatable bonds is 4. The van der Waals surface area contributed by atoms with Gasteiger partial charge in [0, 0.05) is 6.61 Å². The van der Waals surface area contributed by atoms with Crippen LogP contribution in [0.3, 0.4) is 0 Å². The monoisotopic (exact) mass is 246 g/mol. The molecule has 0 heterocycles. The summed E-state index contributed by atoms with van der Waals surface area (Å²) in [7, 11) is 0. The van der Waals surface area contributed by atoms with Crippen molar-refractivity contribution in [3.8, 4) is 5.75 Å². The molecule has 3 rings (SSSR count). The van der Waals surface area contributed by atoms with Crippen LogP contribution in [0.25, 0.3) is 0 Å². The second-order valence-electron chi connectivity index (χ2n) is 5.88. The summed E-state index contributed by atoms with van der Waals surface area (Å²) in [6.45, 7) is 0.205. The summed E-state index contributed by atoms with van der Waals surface area (Å²) in [5, 5.41) is 8.97. The number of hydrogen-bond acceptors (Lipinski definition) is 2. The predicted molar refractivity (Wildman–Crippen MR) is 71.7 cm³/mol. The molecule has 1 aromatic carbocycles. The van der Waals surface area contributed by atoms with Gasteiger partial charge in [0.05, 0.1) is 6.10 Å². The third kappa shape index (κ3) is 2.69. The van der Waals surface area contributed by atoms with E-state index in [9.17, 15) is 0 Å². The molecule has 2 heteroatoms. The Kier molecular flexibility index (Phi) is 3.55. The zero-order chi connectivity index (χ0) is 12.4. The number of fused-ring (bicyclic) bond motifs is 2. The molecule has 2 fully saturated rings. The lowest BCUT2D eigenvalue weighted by molar-refractivity contribution is 0.119. The van der Waals surface area contributed by atoms with Gasteiger partial charge in [-0.3, -0.25) is 0 Å².